The molecular weight excluding hydrogens is 272 g/mol. The normalized spacial score (nSPS) is 10.5. The maximum Gasteiger partial charge on any atom is 0.134 e. The summed E-state index contributed by atoms with van der Waals surface area (Å²) in [6.45, 7) is 4.70. The molecule has 3 nitrogen and oxygen atoms in total. The Kier molecular flexibility index (Phi) is 5.70. The van der Waals surface area contributed by atoms with E-state index in [4.69, 9.17) is 0 Å². The number of hydrogen-bond acceptors (Lipinski definition) is 3. The van der Waals surface area contributed by atoms with Crippen molar-refractivity contribution in [3.63, 3.8) is 0 Å². The Morgan fingerprint density at radius 1 is 1.00 bits per heavy atom. The van der Waals surface area contributed by atoms with Gasteiger partial charge in [-0.15, -0.1) is 0 Å². The van der Waals surface area contributed by atoms with Crippen LogP contribution in [0.3, 0.4) is 0 Å². The van der Waals surface area contributed by atoms with Gasteiger partial charge in [-0.3, -0.25) is 4.79 Å². The van der Waals surface area contributed by atoms with Crippen LogP contribution < -0.4 is 4.90 Å². The number of anilines is 1. The van der Waals surface area contributed by atoms with E-state index in [2.05, 4.69) is 41.1 Å². The summed E-state index contributed by atoms with van der Waals surface area (Å²) in [4.78, 5) is 17.7. The number of Topliss-reactive ketones (excluding diaryl/α,β-unsaturated/α-hetero) is 1. The summed E-state index contributed by atoms with van der Waals surface area (Å²) in [5.41, 5.74) is 3.63. The van der Waals surface area contributed by atoms with Crippen molar-refractivity contribution in [2.75, 3.05) is 18.5 Å². The van der Waals surface area contributed by atoms with Crippen molar-refractivity contribution in [1.29, 1.82) is 0 Å². The molecule has 0 saturated carbocycles. The Morgan fingerprint density at radius 3 is 2.14 bits per heavy atom. The molecule has 0 spiro atoms. The SMILES string of the molecule is CCN(C)c1ccc(CCc2ccc(CC(C)=O)cc2)cn1. The van der Waals surface area contributed by atoms with Crippen LogP contribution in [-0.4, -0.2) is 24.4 Å². The van der Waals surface area contributed by atoms with E-state index < -0.39 is 0 Å². The first-order valence-electron chi connectivity index (χ1n) is 7.82. The average Bonchev–Trinajstić information content (AvgIpc) is 2.53. The lowest BCUT2D eigenvalue weighted by Gasteiger charge is -2.15. The summed E-state index contributed by atoms with van der Waals surface area (Å²) in [7, 11) is 2.05. The second-order valence-electron chi connectivity index (χ2n) is 5.73. The molecule has 0 unspecified atom stereocenters. The summed E-state index contributed by atoms with van der Waals surface area (Å²) in [6, 6.07) is 12.6. The molecule has 1 aromatic carbocycles. The van der Waals surface area contributed by atoms with Gasteiger partial charge in [0.2, 0.25) is 0 Å². The third-order valence-corrected chi connectivity index (χ3v) is 3.85. The molecule has 0 radical (unpaired) electrons. The Labute approximate surface area is 133 Å². The van der Waals surface area contributed by atoms with E-state index in [9.17, 15) is 4.79 Å². The fourth-order valence-electron chi connectivity index (χ4n) is 2.35. The van der Waals surface area contributed by atoms with Crippen molar-refractivity contribution >= 4 is 11.6 Å². The second kappa shape index (κ2) is 7.74. The lowest BCUT2D eigenvalue weighted by atomic mass is 10.0. The molecule has 2 aromatic rings. The molecule has 1 heterocycles. The number of rotatable bonds is 7. The topological polar surface area (TPSA) is 33.2 Å². The van der Waals surface area contributed by atoms with Crippen LogP contribution in [0.2, 0.25) is 0 Å². The first-order valence-corrected chi connectivity index (χ1v) is 7.82. The molecule has 0 atom stereocenters. The number of carbonyl (C=O) groups excluding carboxylic acids is 1. The largest absolute Gasteiger partial charge is 0.360 e. The predicted octanol–water partition coefficient (Wildman–Crippen LogP) is 3.45. The van der Waals surface area contributed by atoms with Crippen molar-refractivity contribution in [3.05, 3.63) is 59.3 Å². The zero-order valence-electron chi connectivity index (χ0n) is 13.7. The third-order valence-electron chi connectivity index (χ3n) is 3.85. The first-order chi connectivity index (χ1) is 10.6. The van der Waals surface area contributed by atoms with Gasteiger partial charge < -0.3 is 4.90 Å². The van der Waals surface area contributed by atoms with Gasteiger partial charge >= 0.3 is 0 Å². The minimum Gasteiger partial charge on any atom is -0.360 e. The van der Waals surface area contributed by atoms with E-state index in [-0.39, 0.29) is 5.78 Å². The molecule has 0 saturated heterocycles. The molecule has 116 valence electrons. The van der Waals surface area contributed by atoms with Gasteiger partial charge in [-0.2, -0.15) is 0 Å². The van der Waals surface area contributed by atoms with Gasteiger partial charge in [0.15, 0.2) is 0 Å². The van der Waals surface area contributed by atoms with Crippen LogP contribution in [0, 0.1) is 0 Å². The number of nitrogens with zero attached hydrogens (tertiary/aromatic N) is 2. The van der Waals surface area contributed by atoms with Crippen LogP contribution in [0.4, 0.5) is 5.82 Å². The van der Waals surface area contributed by atoms with E-state index in [1.807, 2.05) is 25.4 Å². The molecule has 22 heavy (non-hydrogen) atoms. The molecule has 0 bridgehead atoms. The van der Waals surface area contributed by atoms with Gasteiger partial charge in [0.25, 0.3) is 0 Å². The van der Waals surface area contributed by atoms with Crippen molar-refractivity contribution in [3.8, 4) is 0 Å². The van der Waals surface area contributed by atoms with Gasteiger partial charge in [0.1, 0.15) is 11.6 Å². The first kappa shape index (κ1) is 16.2. The molecule has 0 fully saturated rings. The lowest BCUT2D eigenvalue weighted by Crippen LogP contribution is -2.16. The van der Waals surface area contributed by atoms with Gasteiger partial charge in [-0.05, 0) is 49.4 Å². The van der Waals surface area contributed by atoms with E-state index in [0.29, 0.717) is 6.42 Å². The fraction of sp³-hybridized carbons (Fsp3) is 0.368. The number of aromatic nitrogens is 1. The molecule has 1 aromatic heterocycles. The molecular formula is C19H24N2O. The molecule has 0 N–H and O–H groups in total. The monoisotopic (exact) mass is 296 g/mol. The number of aryl methyl sites for hydroxylation is 2. The van der Waals surface area contributed by atoms with Crippen LogP contribution in [0.15, 0.2) is 42.6 Å². The van der Waals surface area contributed by atoms with Crippen LogP contribution in [0.1, 0.15) is 30.5 Å². The average molecular weight is 296 g/mol. The molecule has 0 aliphatic carbocycles. The summed E-state index contributed by atoms with van der Waals surface area (Å²) in [6.07, 6.45) is 4.46. The van der Waals surface area contributed by atoms with Crippen molar-refractivity contribution in [1.82, 2.24) is 4.98 Å². The zero-order valence-corrected chi connectivity index (χ0v) is 13.7. The van der Waals surface area contributed by atoms with Crippen molar-refractivity contribution in [2.24, 2.45) is 0 Å². The Bertz CT molecular complexity index is 602. The molecule has 2 rings (SSSR count). The Hall–Kier alpha value is -2.16. The lowest BCUT2D eigenvalue weighted by molar-refractivity contribution is -0.116. The zero-order chi connectivity index (χ0) is 15.9. The van der Waals surface area contributed by atoms with Gasteiger partial charge in [0, 0.05) is 26.2 Å². The highest BCUT2D eigenvalue weighted by Gasteiger charge is 2.02. The van der Waals surface area contributed by atoms with E-state index in [1.165, 1.54) is 11.1 Å². The van der Waals surface area contributed by atoms with Crippen LogP contribution in [0.5, 0.6) is 0 Å². The highest BCUT2D eigenvalue weighted by Crippen LogP contribution is 2.12. The highest BCUT2D eigenvalue weighted by molar-refractivity contribution is 5.78. The quantitative estimate of drug-likeness (QED) is 0.784. The van der Waals surface area contributed by atoms with Gasteiger partial charge in [-0.1, -0.05) is 30.3 Å². The smallest absolute Gasteiger partial charge is 0.134 e. The molecule has 0 aliphatic rings. The number of ketones is 1. The fourth-order valence-corrected chi connectivity index (χ4v) is 2.35. The minimum atomic E-state index is 0.205. The molecule has 0 aliphatic heterocycles. The maximum atomic E-state index is 11.1. The summed E-state index contributed by atoms with van der Waals surface area (Å²) in [5.74, 6) is 1.22. The van der Waals surface area contributed by atoms with Gasteiger partial charge in [-0.25, -0.2) is 4.98 Å². The maximum absolute atomic E-state index is 11.1. The van der Waals surface area contributed by atoms with E-state index in [1.54, 1.807) is 6.92 Å². The second-order valence-corrected chi connectivity index (χ2v) is 5.73. The van der Waals surface area contributed by atoms with Crippen molar-refractivity contribution in [2.45, 2.75) is 33.1 Å². The molecule has 0 amide bonds. The summed E-state index contributed by atoms with van der Waals surface area (Å²) >= 11 is 0. The standard InChI is InChI=1S/C19H24N2O/c1-4-21(3)19-12-11-18(14-20-19)10-7-16-5-8-17(9-6-16)13-15(2)22/h5-6,8-9,11-12,14H,4,7,10,13H2,1-3H3. The number of carbonyl (C=O) groups is 1. The summed E-state index contributed by atoms with van der Waals surface area (Å²) < 4.78 is 0. The molecule has 3 heteroatoms. The number of hydrogen-bond donors (Lipinski definition) is 0. The van der Waals surface area contributed by atoms with Crippen molar-refractivity contribution < 1.29 is 4.79 Å². The summed E-state index contributed by atoms with van der Waals surface area (Å²) in [5, 5.41) is 0. The van der Waals surface area contributed by atoms with E-state index >= 15 is 0 Å². The van der Waals surface area contributed by atoms with Crippen LogP contribution >= 0.6 is 0 Å². The number of pyridine rings is 1. The highest BCUT2D eigenvalue weighted by atomic mass is 16.1. The van der Waals surface area contributed by atoms with Gasteiger partial charge in [0.05, 0.1) is 0 Å². The van der Waals surface area contributed by atoms with E-state index in [0.717, 1.165) is 30.8 Å². The Balaban J connectivity index is 1.91. The third kappa shape index (κ3) is 4.69. The Morgan fingerprint density at radius 2 is 1.59 bits per heavy atom. The predicted molar refractivity (Wildman–Crippen MR) is 91.4 cm³/mol. The van der Waals surface area contributed by atoms with Crippen LogP contribution in [0.25, 0.3) is 0 Å². The number of benzene rings is 1. The van der Waals surface area contributed by atoms with Crippen LogP contribution in [-0.2, 0) is 24.1 Å². The minimum absolute atomic E-state index is 0.205.